The van der Waals surface area contributed by atoms with Gasteiger partial charge in [0.1, 0.15) is 5.75 Å². The Hall–Kier alpha value is -2.41. The molecule has 2 amide bonds. The zero-order valence-corrected chi connectivity index (χ0v) is 15.4. The van der Waals surface area contributed by atoms with Gasteiger partial charge in [-0.15, -0.1) is 11.3 Å². The summed E-state index contributed by atoms with van der Waals surface area (Å²) in [6.45, 7) is -0.218. The number of carbonyl (C=O) groups excluding carboxylic acids is 2. The van der Waals surface area contributed by atoms with Gasteiger partial charge in [0.2, 0.25) is 5.91 Å². The summed E-state index contributed by atoms with van der Waals surface area (Å²) in [6, 6.07) is 9.08. The third-order valence-corrected chi connectivity index (χ3v) is 5.22. The van der Waals surface area contributed by atoms with E-state index >= 15 is 0 Å². The monoisotopic (exact) mass is 373 g/mol. The summed E-state index contributed by atoms with van der Waals surface area (Å²) in [5.41, 5.74) is 1.12. The van der Waals surface area contributed by atoms with Crippen molar-refractivity contribution in [1.82, 2.24) is 10.3 Å². The fraction of sp³-hybridized carbons (Fsp3) is 0.421. The number of rotatable bonds is 6. The first kappa shape index (κ1) is 18.4. The number of hydrogen-bond acceptors (Lipinski definition) is 5. The molecule has 0 saturated heterocycles. The van der Waals surface area contributed by atoms with Gasteiger partial charge in [-0.1, -0.05) is 31.0 Å². The van der Waals surface area contributed by atoms with E-state index in [-0.39, 0.29) is 25.0 Å². The molecule has 0 atom stereocenters. The lowest BCUT2D eigenvalue weighted by Crippen LogP contribution is -2.35. The first-order valence-electron chi connectivity index (χ1n) is 8.93. The maximum absolute atomic E-state index is 12.0. The van der Waals surface area contributed by atoms with Crippen LogP contribution in [0.4, 0.5) is 5.13 Å². The van der Waals surface area contributed by atoms with E-state index in [1.807, 2.05) is 18.2 Å². The summed E-state index contributed by atoms with van der Waals surface area (Å²) in [5.74, 6) is 0.00231. The Labute approximate surface area is 157 Å². The molecule has 26 heavy (non-hydrogen) atoms. The molecule has 7 heteroatoms. The zero-order valence-electron chi connectivity index (χ0n) is 14.6. The standard InChI is InChI=1S/C19H23N3O3S/c23-17(12-20-18(24)13-25-14-8-4-3-5-9-14)22-19-21-15-10-6-1-2-7-11-16(15)26-19/h3-5,8-9H,1-2,6-7,10-13H2,(H,20,24)(H,21,22,23). The molecule has 138 valence electrons. The van der Waals surface area contributed by atoms with E-state index in [2.05, 4.69) is 15.6 Å². The molecular formula is C19H23N3O3S. The van der Waals surface area contributed by atoms with Crippen molar-refractivity contribution in [3.05, 3.63) is 40.9 Å². The highest BCUT2D eigenvalue weighted by Gasteiger charge is 2.15. The highest BCUT2D eigenvalue weighted by molar-refractivity contribution is 7.15. The highest BCUT2D eigenvalue weighted by atomic mass is 32.1. The second-order valence-corrected chi connectivity index (χ2v) is 7.31. The molecule has 0 spiro atoms. The average Bonchev–Trinajstić information content (AvgIpc) is 2.99. The van der Waals surface area contributed by atoms with Crippen molar-refractivity contribution in [1.29, 1.82) is 0 Å². The molecule has 1 aliphatic carbocycles. The van der Waals surface area contributed by atoms with Crippen molar-refractivity contribution >= 4 is 28.3 Å². The normalized spacial score (nSPS) is 13.8. The van der Waals surface area contributed by atoms with Crippen LogP contribution in [0.15, 0.2) is 30.3 Å². The molecule has 2 N–H and O–H groups in total. The molecule has 6 nitrogen and oxygen atoms in total. The van der Waals surface area contributed by atoms with Crippen LogP contribution < -0.4 is 15.4 Å². The molecule has 1 aromatic heterocycles. The van der Waals surface area contributed by atoms with Gasteiger partial charge in [-0.25, -0.2) is 4.98 Å². The molecule has 0 radical (unpaired) electrons. The van der Waals surface area contributed by atoms with Gasteiger partial charge in [0.05, 0.1) is 12.2 Å². The molecule has 2 aromatic rings. The summed E-state index contributed by atoms with van der Waals surface area (Å²) in [7, 11) is 0. The molecule has 0 bridgehead atoms. The summed E-state index contributed by atoms with van der Waals surface area (Å²) in [4.78, 5) is 29.6. The second kappa shape index (κ2) is 9.33. The summed E-state index contributed by atoms with van der Waals surface area (Å²) >= 11 is 1.55. The lowest BCUT2D eigenvalue weighted by Gasteiger charge is -2.07. The van der Waals surface area contributed by atoms with Crippen LogP contribution in [0.2, 0.25) is 0 Å². The number of nitrogens with one attached hydrogen (secondary N) is 2. The Morgan fingerprint density at radius 3 is 2.62 bits per heavy atom. The Morgan fingerprint density at radius 2 is 1.81 bits per heavy atom. The summed E-state index contributed by atoms with van der Waals surface area (Å²) < 4.78 is 5.34. The van der Waals surface area contributed by atoms with Crippen LogP contribution in [0.1, 0.15) is 36.3 Å². The number of carbonyl (C=O) groups is 2. The molecule has 3 rings (SSSR count). The molecule has 1 aliphatic rings. The number of aromatic nitrogens is 1. The molecular weight excluding hydrogens is 350 g/mol. The zero-order chi connectivity index (χ0) is 18.2. The molecule has 0 fully saturated rings. The van der Waals surface area contributed by atoms with Crippen molar-refractivity contribution in [2.45, 2.75) is 38.5 Å². The van der Waals surface area contributed by atoms with E-state index in [1.165, 1.54) is 24.1 Å². The molecule has 0 aliphatic heterocycles. The smallest absolute Gasteiger partial charge is 0.258 e. The fourth-order valence-corrected chi connectivity index (χ4v) is 3.88. The second-order valence-electron chi connectivity index (χ2n) is 6.23. The van der Waals surface area contributed by atoms with E-state index < -0.39 is 0 Å². The number of fused-ring (bicyclic) bond motifs is 1. The van der Waals surface area contributed by atoms with Gasteiger partial charge in [-0.3, -0.25) is 9.59 Å². The number of benzene rings is 1. The number of amides is 2. The van der Waals surface area contributed by atoms with Gasteiger partial charge in [0, 0.05) is 4.88 Å². The number of aryl methyl sites for hydroxylation is 2. The van der Waals surface area contributed by atoms with Gasteiger partial charge in [-0.05, 0) is 37.8 Å². The van der Waals surface area contributed by atoms with Crippen molar-refractivity contribution in [2.75, 3.05) is 18.5 Å². The summed E-state index contributed by atoms with van der Waals surface area (Å²) in [6.07, 6.45) is 6.86. The Bertz CT molecular complexity index is 720. The van der Waals surface area contributed by atoms with E-state index in [4.69, 9.17) is 4.74 Å². The SMILES string of the molecule is O=C(COc1ccccc1)NCC(=O)Nc1nc2c(s1)CCCCCC2. The van der Waals surface area contributed by atoms with Crippen molar-refractivity contribution in [3.8, 4) is 5.75 Å². The largest absolute Gasteiger partial charge is 0.484 e. The van der Waals surface area contributed by atoms with E-state index in [9.17, 15) is 9.59 Å². The molecule has 1 aromatic carbocycles. The minimum atomic E-state index is -0.338. The van der Waals surface area contributed by atoms with Crippen molar-refractivity contribution in [2.24, 2.45) is 0 Å². The third-order valence-electron chi connectivity index (χ3n) is 4.15. The number of thiazole rings is 1. The Kier molecular flexibility index (Phi) is 6.60. The average molecular weight is 373 g/mol. The lowest BCUT2D eigenvalue weighted by molar-refractivity contribution is -0.125. The van der Waals surface area contributed by atoms with E-state index in [1.54, 1.807) is 23.5 Å². The van der Waals surface area contributed by atoms with Gasteiger partial charge in [0.15, 0.2) is 11.7 Å². The fourth-order valence-electron chi connectivity index (χ4n) is 2.82. The number of ether oxygens (including phenoxy) is 1. The molecule has 0 saturated carbocycles. The number of hydrogen-bond donors (Lipinski definition) is 2. The van der Waals surface area contributed by atoms with Crippen LogP contribution in [-0.4, -0.2) is 29.9 Å². The van der Waals surface area contributed by atoms with Crippen LogP contribution in [0.5, 0.6) is 5.75 Å². The highest BCUT2D eigenvalue weighted by Crippen LogP contribution is 2.28. The van der Waals surface area contributed by atoms with Crippen LogP contribution in [-0.2, 0) is 22.4 Å². The third kappa shape index (κ3) is 5.56. The predicted molar refractivity (Wildman–Crippen MR) is 102 cm³/mol. The van der Waals surface area contributed by atoms with Crippen molar-refractivity contribution < 1.29 is 14.3 Å². The van der Waals surface area contributed by atoms with E-state index in [0.29, 0.717) is 10.9 Å². The Morgan fingerprint density at radius 1 is 1.04 bits per heavy atom. The maximum Gasteiger partial charge on any atom is 0.258 e. The van der Waals surface area contributed by atoms with E-state index in [0.717, 1.165) is 25.0 Å². The minimum absolute atomic E-state index is 0.0960. The summed E-state index contributed by atoms with van der Waals surface area (Å²) in [5, 5.41) is 5.96. The van der Waals surface area contributed by atoms with Gasteiger partial charge >= 0.3 is 0 Å². The van der Waals surface area contributed by atoms with Gasteiger partial charge < -0.3 is 15.4 Å². The van der Waals surface area contributed by atoms with Crippen LogP contribution in [0, 0.1) is 0 Å². The minimum Gasteiger partial charge on any atom is -0.484 e. The van der Waals surface area contributed by atoms with Gasteiger partial charge in [-0.2, -0.15) is 0 Å². The van der Waals surface area contributed by atoms with Crippen molar-refractivity contribution in [3.63, 3.8) is 0 Å². The Balaban J connectivity index is 1.42. The van der Waals surface area contributed by atoms with Crippen LogP contribution >= 0.6 is 11.3 Å². The topological polar surface area (TPSA) is 80.3 Å². The number of nitrogens with zero attached hydrogens (tertiary/aromatic N) is 1. The number of para-hydroxylation sites is 1. The quantitative estimate of drug-likeness (QED) is 0.816. The number of anilines is 1. The van der Waals surface area contributed by atoms with Gasteiger partial charge in [0.25, 0.3) is 5.91 Å². The van der Waals surface area contributed by atoms with Crippen LogP contribution in [0.3, 0.4) is 0 Å². The molecule has 1 heterocycles. The maximum atomic E-state index is 12.0. The molecule has 0 unspecified atom stereocenters. The van der Waals surface area contributed by atoms with Crippen LogP contribution in [0.25, 0.3) is 0 Å². The first-order valence-corrected chi connectivity index (χ1v) is 9.75. The predicted octanol–water partition coefficient (Wildman–Crippen LogP) is 2.94. The first-order chi connectivity index (χ1) is 12.7. The lowest BCUT2D eigenvalue weighted by atomic mass is 10.0.